The molecule has 0 fully saturated rings. The molecule has 7 heteroatoms. The first-order valence-electron chi connectivity index (χ1n) is 4.82. The molecule has 0 amide bonds. The normalized spacial score (nSPS) is 10.8. The van der Waals surface area contributed by atoms with Gasteiger partial charge in [-0.1, -0.05) is 11.6 Å². The number of aryl methyl sites for hydroxylation is 1. The van der Waals surface area contributed by atoms with E-state index >= 15 is 0 Å². The van der Waals surface area contributed by atoms with Gasteiger partial charge in [0.15, 0.2) is 5.82 Å². The van der Waals surface area contributed by atoms with Gasteiger partial charge in [-0.05, 0) is 22.0 Å². The van der Waals surface area contributed by atoms with Crippen LogP contribution in [-0.4, -0.2) is 26.9 Å². The zero-order valence-electron chi connectivity index (χ0n) is 9.31. The average Bonchev–Trinajstić information content (AvgIpc) is 2.71. The fraction of sp³-hybridized carbons (Fsp3) is 0.300. The highest BCUT2D eigenvalue weighted by atomic mass is 79.9. The third-order valence-electron chi connectivity index (χ3n) is 2.10. The summed E-state index contributed by atoms with van der Waals surface area (Å²) >= 11 is 9.35. The molecule has 0 aromatic carbocycles. The first-order valence-corrected chi connectivity index (χ1v) is 5.99. The fourth-order valence-electron chi connectivity index (χ4n) is 1.34. The van der Waals surface area contributed by atoms with Gasteiger partial charge >= 0.3 is 0 Å². The lowest BCUT2D eigenvalue weighted by Gasteiger charge is -2.05. The average molecular weight is 318 g/mol. The van der Waals surface area contributed by atoms with Crippen LogP contribution in [0.3, 0.4) is 0 Å². The first kappa shape index (κ1) is 12.5. The molecule has 0 unspecified atom stereocenters. The molecule has 0 aliphatic carbocycles. The Labute approximate surface area is 112 Å². The molecule has 2 aromatic rings. The Bertz CT molecular complexity index is 543. The number of methoxy groups -OCH3 is 1. The molecular weight excluding hydrogens is 307 g/mol. The molecule has 0 aliphatic rings. The van der Waals surface area contributed by atoms with E-state index < -0.39 is 0 Å². The van der Waals surface area contributed by atoms with Crippen LogP contribution >= 0.6 is 27.5 Å². The summed E-state index contributed by atoms with van der Waals surface area (Å²) in [6, 6.07) is 1.83. The number of rotatable bonds is 3. The highest BCUT2D eigenvalue weighted by molar-refractivity contribution is 9.10. The molecule has 0 atom stereocenters. The summed E-state index contributed by atoms with van der Waals surface area (Å²) in [6.45, 7) is 0.364. The Morgan fingerprint density at radius 3 is 2.82 bits per heavy atom. The van der Waals surface area contributed by atoms with Crippen LogP contribution in [0.25, 0.3) is 11.5 Å². The quantitative estimate of drug-likeness (QED) is 0.816. The van der Waals surface area contributed by atoms with Crippen LogP contribution < -0.4 is 0 Å². The molecule has 0 radical (unpaired) electrons. The molecule has 0 N–H and O–H groups in total. The van der Waals surface area contributed by atoms with Crippen LogP contribution in [0, 0.1) is 0 Å². The van der Waals surface area contributed by atoms with Crippen molar-refractivity contribution in [3.05, 3.63) is 27.6 Å². The van der Waals surface area contributed by atoms with Gasteiger partial charge in [0.1, 0.15) is 10.8 Å². The maximum absolute atomic E-state index is 6.02. The summed E-state index contributed by atoms with van der Waals surface area (Å²) in [5.41, 5.74) is 1.38. The third kappa shape index (κ3) is 2.65. The lowest BCUT2D eigenvalue weighted by Crippen LogP contribution is -2.00. The van der Waals surface area contributed by atoms with Gasteiger partial charge in [0.2, 0.25) is 0 Å². The molecule has 2 heterocycles. The Kier molecular flexibility index (Phi) is 3.76. The molecule has 0 saturated heterocycles. The summed E-state index contributed by atoms with van der Waals surface area (Å²) in [5, 5.41) is 4.58. The van der Waals surface area contributed by atoms with Crippen molar-refractivity contribution < 1.29 is 4.74 Å². The van der Waals surface area contributed by atoms with E-state index in [0.29, 0.717) is 33.4 Å². The number of aromatic nitrogens is 4. The SMILES string of the molecule is COCc1nc(-c2ccn(C)n2)nc(Cl)c1Br. The van der Waals surface area contributed by atoms with Crippen molar-refractivity contribution in [3.63, 3.8) is 0 Å². The number of hydrogen-bond donors (Lipinski definition) is 0. The third-order valence-corrected chi connectivity index (χ3v) is 3.44. The predicted octanol–water partition coefficient (Wildman–Crippen LogP) is 2.44. The van der Waals surface area contributed by atoms with Gasteiger partial charge in [0.05, 0.1) is 16.8 Å². The zero-order chi connectivity index (χ0) is 12.4. The van der Waals surface area contributed by atoms with E-state index in [1.165, 1.54) is 0 Å². The van der Waals surface area contributed by atoms with Crippen LogP contribution in [0.1, 0.15) is 5.69 Å². The minimum atomic E-state index is 0.354. The lowest BCUT2D eigenvalue weighted by atomic mass is 10.3. The number of nitrogens with zero attached hydrogens (tertiary/aromatic N) is 4. The van der Waals surface area contributed by atoms with Gasteiger partial charge in [-0.25, -0.2) is 9.97 Å². The second-order valence-corrected chi connectivity index (χ2v) is 4.56. The van der Waals surface area contributed by atoms with Crippen LogP contribution in [0.15, 0.2) is 16.7 Å². The van der Waals surface area contributed by atoms with Crippen LogP contribution in [0.2, 0.25) is 5.15 Å². The van der Waals surface area contributed by atoms with Crippen LogP contribution in [-0.2, 0) is 18.4 Å². The number of halogens is 2. The lowest BCUT2D eigenvalue weighted by molar-refractivity contribution is 0.181. The van der Waals surface area contributed by atoms with E-state index in [1.807, 2.05) is 19.3 Å². The van der Waals surface area contributed by atoms with Gasteiger partial charge in [0, 0.05) is 20.4 Å². The summed E-state index contributed by atoms with van der Waals surface area (Å²) in [5.74, 6) is 0.492. The van der Waals surface area contributed by atoms with Gasteiger partial charge in [-0.2, -0.15) is 5.10 Å². The largest absolute Gasteiger partial charge is 0.378 e. The predicted molar refractivity (Wildman–Crippen MR) is 67.7 cm³/mol. The van der Waals surface area contributed by atoms with E-state index in [0.717, 1.165) is 0 Å². The maximum atomic E-state index is 6.02. The van der Waals surface area contributed by atoms with Crippen molar-refractivity contribution in [2.75, 3.05) is 7.11 Å². The van der Waals surface area contributed by atoms with Crippen molar-refractivity contribution in [1.29, 1.82) is 0 Å². The fourth-order valence-corrected chi connectivity index (χ4v) is 1.83. The molecule has 17 heavy (non-hydrogen) atoms. The first-order chi connectivity index (χ1) is 8.11. The molecule has 90 valence electrons. The van der Waals surface area contributed by atoms with E-state index in [-0.39, 0.29) is 0 Å². The molecule has 0 bridgehead atoms. The second kappa shape index (κ2) is 5.12. The van der Waals surface area contributed by atoms with E-state index in [2.05, 4.69) is 31.0 Å². The Balaban J connectivity index is 2.48. The number of hydrogen-bond acceptors (Lipinski definition) is 4. The van der Waals surface area contributed by atoms with Crippen LogP contribution in [0.4, 0.5) is 0 Å². The summed E-state index contributed by atoms with van der Waals surface area (Å²) in [4.78, 5) is 8.54. The highest BCUT2D eigenvalue weighted by Gasteiger charge is 2.13. The molecule has 0 saturated carbocycles. The maximum Gasteiger partial charge on any atom is 0.181 e. The van der Waals surface area contributed by atoms with Gasteiger partial charge in [0.25, 0.3) is 0 Å². The van der Waals surface area contributed by atoms with E-state index in [9.17, 15) is 0 Å². The van der Waals surface area contributed by atoms with Gasteiger partial charge in [-0.15, -0.1) is 0 Å². The molecule has 2 aromatic heterocycles. The second-order valence-electron chi connectivity index (χ2n) is 3.41. The summed E-state index contributed by atoms with van der Waals surface area (Å²) in [7, 11) is 3.43. The summed E-state index contributed by atoms with van der Waals surface area (Å²) in [6.07, 6.45) is 1.82. The van der Waals surface area contributed by atoms with Crippen LogP contribution in [0.5, 0.6) is 0 Å². The van der Waals surface area contributed by atoms with E-state index in [1.54, 1.807) is 11.8 Å². The molecular formula is C10H10BrClN4O. The molecule has 2 rings (SSSR count). The summed E-state index contributed by atoms with van der Waals surface area (Å²) < 4.78 is 7.39. The Hall–Kier alpha value is -0.980. The zero-order valence-corrected chi connectivity index (χ0v) is 11.7. The Morgan fingerprint density at radius 2 is 2.24 bits per heavy atom. The monoisotopic (exact) mass is 316 g/mol. The molecule has 0 spiro atoms. The van der Waals surface area contributed by atoms with Crippen molar-refractivity contribution in [2.24, 2.45) is 7.05 Å². The van der Waals surface area contributed by atoms with Crippen molar-refractivity contribution in [2.45, 2.75) is 6.61 Å². The minimum Gasteiger partial charge on any atom is -0.378 e. The number of ether oxygens (including phenoxy) is 1. The topological polar surface area (TPSA) is 52.8 Å². The van der Waals surface area contributed by atoms with Gasteiger partial charge in [-0.3, -0.25) is 4.68 Å². The van der Waals surface area contributed by atoms with Crippen molar-refractivity contribution in [3.8, 4) is 11.5 Å². The molecule has 5 nitrogen and oxygen atoms in total. The smallest absolute Gasteiger partial charge is 0.181 e. The van der Waals surface area contributed by atoms with E-state index in [4.69, 9.17) is 16.3 Å². The minimum absolute atomic E-state index is 0.354. The Morgan fingerprint density at radius 1 is 1.47 bits per heavy atom. The molecule has 0 aliphatic heterocycles. The van der Waals surface area contributed by atoms with Gasteiger partial charge < -0.3 is 4.74 Å². The standard InChI is InChI=1S/C10H10BrClN4O/c1-16-4-3-6(15-16)10-13-7(5-17-2)8(11)9(12)14-10/h3-4H,5H2,1-2H3. The van der Waals surface area contributed by atoms with Crippen molar-refractivity contribution in [1.82, 2.24) is 19.7 Å². The highest BCUT2D eigenvalue weighted by Crippen LogP contribution is 2.26. The van der Waals surface area contributed by atoms with Crippen molar-refractivity contribution >= 4 is 27.5 Å².